The maximum atomic E-state index is 12.0. The Bertz CT molecular complexity index is 669. The van der Waals surface area contributed by atoms with E-state index in [4.69, 9.17) is 4.18 Å². The molecule has 1 heterocycles. The summed E-state index contributed by atoms with van der Waals surface area (Å²) in [6.45, 7) is 1.59. The van der Waals surface area contributed by atoms with Gasteiger partial charge in [0, 0.05) is 18.8 Å². The standard InChI is InChI=1S/C15H17NO4S/c1-12-2-4-15(5-3-12)21(18,19)20-11-14(17)10-13-6-8-16-9-7-13/h2-9,14,17H,10-11H2,1H3. The molecule has 2 aromatic rings. The number of benzene rings is 1. The van der Waals surface area contributed by atoms with E-state index in [2.05, 4.69) is 4.98 Å². The van der Waals surface area contributed by atoms with Crippen molar-refractivity contribution in [2.75, 3.05) is 6.61 Å². The molecule has 112 valence electrons. The third kappa shape index (κ3) is 4.63. The largest absolute Gasteiger partial charge is 0.390 e. The highest BCUT2D eigenvalue weighted by molar-refractivity contribution is 7.86. The van der Waals surface area contributed by atoms with Crippen molar-refractivity contribution >= 4 is 10.1 Å². The van der Waals surface area contributed by atoms with Crippen LogP contribution in [-0.2, 0) is 20.7 Å². The Kier molecular flexibility index (Phi) is 5.06. The number of nitrogens with zero attached hydrogens (tertiary/aromatic N) is 1. The fourth-order valence-corrected chi connectivity index (χ4v) is 2.73. The number of rotatable bonds is 6. The van der Waals surface area contributed by atoms with Crippen molar-refractivity contribution in [3.8, 4) is 0 Å². The predicted molar refractivity (Wildman–Crippen MR) is 78.3 cm³/mol. The van der Waals surface area contributed by atoms with Gasteiger partial charge in [0.25, 0.3) is 10.1 Å². The Hall–Kier alpha value is -1.76. The first-order valence-electron chi connectivity index (χ1n) is 6.50. The summed E-state index contributed by atoms with van der Waals surface area (Å²) in [6.07, 6.45) is 2.65. The zero-order valence-electron chi connectivity index (χ0n) is 11.6. The van der Waals surface area contributed by atoms with Gasteiger partial charge in [-0.15, -0.1) is 0 Å². The molecule has 1 unspecified atom stereocenters. The van der Waals surface area contributed by atoms with Crippen molar-refractivity contribution in [2.45, 2.75) is 24.3 Å². The molecule has 1 atom stereocenters. The molecule has 0 aliphatic heterocycles. The second kappa shape index (κ2) is 6.80. The topological polar surface area (TPSA) is 76.5 Å². The van der Waals surface area contributed by atoms with Gasteiger partial charge in [-0.1, -0.05) is 17.7 Å². The molecule has 2 rings (SSSR count). The van der Waals surface area contributed by atoms with Crippen molar-refractivity contribution in [3.05, 3.63) is 59.9 Å². The molecule has 1 aromatic carbocycles. The Morgan fingerprint density at radius 1 is 1.14 bits per heavy atom. The van der Waals surface area contributed by atoms with E-state index in [0.717, 1.165) is 11.1 Å². The van der Waals surface area contributed by atoms with Gasteiger partial charge in [0.2, 0.25) is 0 Å². The summed E-state index contributed by atoms with van der Waals surface area (Å²) in [5.41, 5.74) is 1.83. The van der Waals surface area contributed by atoms with Gasteiger partial charge in [-0.05, 0) is 36.8 Å². The molecule has 0 radical (unpaired) electrons. The number of hydrogen-bond donors (Lipinski definition) is 1. The minimum Gasteiger partial charge on any atom is -0.390 e. The van der Waals surface area contributed by atoms with Crippen LogP contribution in [-0.4, -0.2) is 31.2 Å². The van der Waals surface area contributed by atoms with Gasteiger partial charge in [-0.2, -0.15) is 8.42 Å². The van der Waals surface area contributed by atoms with Crippen LogP contribution in [0.2, 0.25) is 0 Å². The van der Waals surface area contributed by atoms with E-state index in [9.17, 15) is 13.5 Å². The van der Waals surface area contributed by atoms with E-state index in [1.807, 2.05) is 6.92 Å². The van der Waals surface area contributed by atoms with Crippen LogP contribution in [0.3, 0.4) is 0 Å². The summed E-state index contributed by atoms with van der Waals surface area (Å²) < 4.78 is 28.8. The van der Waals surface area contributed by atoms with E-state index in [-0.39, 0.29) is 11.5 Å². The Labute approximate surface area is 124 Å². The zero-order chi connectivity index (χ0) is 15.3. The second-order valence-electron chi connectivity index (χ2n) is 4.77. The highest BCUT2D eigenvalue weighted by Gasteiger charge is 2.17. The maximum Gasteiger partial charge on any atom is 0.297 e. The number of aliphatic hydroxyl groups excluding tert-OH is 1. The number of pyridine rings is 1. The summed E-state index contributed by atoms with van der Waals surface area (Å²) in [4.78, 5) is 3.96. The number of aryl methyl sites for hydroxylation is 1. The Morgan fingerprint density at radius 2 is 1.76 bits per heavy atom. The molecule has 0 saturated heterocycles. The van der Waals surface area contributed by atoms with Gasteiger partial charge < -0.3 is 5.11 Å². The van der Waals surface area contributed by atoms with Gasteiger partial charge in [0.1, 0.15) is 0 Å². The summed E-state index contributed by atoms with van der Waals surface area (Å²) >= 11 is 0. The molecule has 0 saturated carbocycles. The molecule has 1 aromatic heterocycles. The quantitative estimate of drug-likeness (QED) is 0.822. The highest BCUT2D eigenvalue weighted by atomic mass is 32.2. The van der Waals surface area contributed by atoms with E-state index in [1.165, 1.54) is 12.1 Å². The molecule has 0 fully saturated rings. The van der Waals surface area contributed by atoms with Crippen molar-refractivity contribution in [3.63, 3.8) is 0 Å². The van der Waals surface area contributed by atoms with E-state index in [1.54, 1.807) is 36.7 Å². The lowest BCUT2D eigenvalue weighted by atomic mass is 10.1. The van der Waals surface area contributed by atoms with Crippen molar-refractivity contribution in [1.82, 2.24) is 4.98 Å². The third-order valence-electron chi connectivity index (χ3n) is 2.95. The van der Waals surface area contributed by atoms with Crippen LogP contribution in [0.5, 0.6) is 0 Å². The van der Waals surface area contributed by atoms with Crippen LogP contribution >= 0.6 is 0 Å². The van der Waals surface area contributed by atoms with Gasteiger partial charge >= 0.3 is 0 Å². The summed E-state index contributed by atoms with van der Waals surface area (Å²) in [5.74, 6) is 0. The first-order valence-corrected chi connectivity index (χ1v) is 7.91. The molecule has 0 aliphatic rings. The van der Waals surface area contributed by atoms with Crippen LogP contribution < -0.4 is 0 Å². The van der Waals surface area contributed by atoms with Crippen LogP contribution in [0.15, 0.2) is 53.7 Å². The van der Waals surface area contributed by atoms with Gasteiger partial charge in [-0.25, -0.2) is 0 Å². The molecule has 6 heteroatoms. The Morgan fingerprint density at radius 3 is 2.38 bits per heavy atom. The first-order chi connectivity index (χ1) is 9.97. The monoisotopic (exact) mass is 307 g/mol. The molecule has 0 spiro atoms. The highest BCUT2D eigenvalue weighted by Crippen LogP contribution is 2.14. The van der Waals surface area contributed by atoms with E-state index in [0.29, 0.717) is 6.42 Å². The predicted octanol–water partition coefficient (Wildman–Crippen LogP) is 1.70. The second-order valence-corrected chi connectivity index (χ2v) is 6.38. The molecule has 5 nitrogen and oxygen atoms in total. The minimum atomic E-state index is -3.84. The Balaban J connectivity index is 1.94. The lowest BCUT2D eigenvalue weighted by Gasteiger charge is -2.11. The summed E-state index contributed by atoms with van der Waals surface area (Å²) in [7, 11) is -3.84. The number of hydrogen-bond acceptors (Lipinski definition) is 5. The van der Waals surface area contributed by atoms with Gasteiger partial charge in [-0.3, -0.25) is 9.17 Å². The molecule has 0 bridgehead atoms. The smallest absolute Gasteiger partial charge is 0.297 e. The SMILES string of the molecule is Cc1ccc(S(=O)(=O)OCC(O)Cc2ccncc2)cc1. The molecule has 1 N–H and O–H groups in total. The molecule has 21 heavy (non-hydrogen) atoms. The zero-order valence-corrected chi connectivity index (χ0v) is 12.5. The van der Waals surface area contributed by atoms with E-state index >= 15 is 0 Å². The third-order valence-corrected chi connectivity index (χ3v) is 4.24. The molecule has 0 aliphatic carbocycles. The average Bonchev–Trinajstić information content (AvgIpc) is 2.47. The summed E-state index contributed by atoms with van der Waals surface area (Å²) in [5, 5.41) is 9.85. The van der Waals surface area contributed by atoms with Crippen molar-refractivity contribution < 1.29 is 17.7 Å². The lowest BCUT2D eigenvalue weighted by molar-refractivity contribution is 0.111. The minimum absolute atomic E-state index is 0.0872. The molecular weight excluding hydrogens is 290 g/mol. The molecular formula is C15H17NO4S. The lowest BCUT2D eigenvalue weighted by Crippen LogP contribution is -2.21. The van der Waals surface area contributed by atoms with E-state index < -0.39 is 16.2 Å². The average molecular weight is 307 g/mol. The van der Waals surface area contributed by atoms with Crippen LogP contribution in [0, 0.1) is 6.92 Å². The van der Waals surface area contributed by atoms with Crippen molar-refractivity contribution in [2.24, 2.45) is 0 Å². The van der Waals surface area contributed by atoms with Crippen molar-refractivity contribution in [1.29, 1.82) is 0 Å². The normalized spacial score (nSPS) is 13.0. The first kappa shape index (κ1) is 15.6. The number of aliphatic hydroxyl groups is 1. The molecule has 0 amide bonds. The van der Waals surface area contributed by atoms with Crippen LogP contribution in [0.25, 0.3) is 0 Å². The van der Waals surface area contributed by atoms with Gasteiger partial charge in [0.05, 0.1) is 17.6 Å². The summed E-state index contributed by atoms with van der Waals surface area (Å²) in [6, 6.07) is 9.89. The van der Waals surface area contributed by atoms with Crippen LogP contribution in [0.1, 0.15) is 11.1 Å². The van der Waals surface area contributed by atoms with Gasteiger partial charge in [0.15, 0.2) is 0 Å². The maximum absolute atomic E-state index is 12.0. The fourth-order valence-electron chi connectivity index (χ4n) is 1.79. The van der Waals surface area contributed by atoms with Crippen LogP contribution in [0.4, 0.5) is 0 Å². The number of aromatic nitrogens is 1. The fraction of sp³-hybridized carbons (Fsp3) is 0.267.